The number of hydrogen-bond donors (Lipinski definition) is 3. The number of aryl methyl sites for hydroxylation is 1. The lowest BCUT2D eigenvalue weighted by Gasteiger charge is -2.37. The summed E-state index contributed by atoms with van der Waals surface area (Å²) in [6.45, 7) is 5.20. The number of nitrogens with two attached hydrogens (primary N) is 1. The Morgan fingerprint density at radius 3 is 2.79 bits per heavy atom. The molecule has 0 atom stereocenters. The minimum atomic E-state index is -0.798. The first-order valence-corrected chi connectivity index (χ1v) is 7.23. The Balaban J connectivity index is 2.07. The lowest BCUT2D eigenvalue weighted by molar-refractivity contribution is -0.00786. The Morgan fingerprint density at radius 1 is 1.47 bits per heavy atom. The first kappa shape index (κ1) is 14.3. The van der Waals surface area contributed by atoms with Gasteiger partial charge in [-0.3, -0.25) is 0 Å². The summed E-state index contributed by atoms with van der Waals surface area (Å²) >= 11 is 0. The second kappa shape index (κ2) is 5.88. The van der Waals surface area contributed by atoms with E-state index in [2.05, 4.69) is 17.2 Å². The van der Waals surface area contributed by atoms with Gasteiger partial charge in [0, 0.05) is 17.8 Å². The van der Waals surface area contributed by atoms with Gasteiger partial charge in [-0.1, -0.05) is 6.92 Å². The van der Waals surface area contributed by atoms with Crippen LogP contribution >= 0.6 is 0 Å². The van der Waals surface area contributed by atoms with Crippen LogP contribution in [0.1, 0.15) is 50.2 Å². The molecule has 1 aliphatic rings. The van der Waals surface area contributed by atoms with Crippen LogP contribution in [-0.2, 0) is 5.60 Å². The van der Waals surface area contributed by atoms with E-state index in [1.54, 1.807) is 6.20 Å². The summed E-state index contributed by atoms with van der Waals surface area (Å²) in [4.78, 5) is 4.17. The number of aromatic nitrogens is 1. The Kier molecular flexibility index (Phi) is 4.42. The molecular formula is C15H25N3O. The zero-order valence-corrected chi connectivity index (χ0v) is 11.9. The van der Waals surface area contributed by atoms with Crippen LogP contribution in [0.25, 0.3) is 0 Å². The van der Waals surface area contributed by atoms with Gasteiger partial charge in [-0.15, -0.1) is 0 Å². The van der Waals surface area contributed by atoms with Crippen LogP contribution in [0, 0.1) is 6.92 Å². The lowest BCUT2D eigenvalue weighted by Crippen LogP contribution is -2.40. The van der Waals surface area contributed by atoms with Crippen molar-refractivity contribution in [3.63, 3.8) is 0 Å². The van der Waals surface area contributed by atoms with Gasteiger partial charge in [0.15, 0.2) is 0 Å². The van der Waals surface area contributed by atoms with Gasteiger partial charge in [0.25, 0.3) is 0 Å². The molecule has 0 spiro atoms. The second-order valence-corrected chi connectivity index (χ2v) is 5.71. The molecule has 0 bridgehead atoms. The molecular weight excluding hydrogens is 238 g/mol. The zero-order chi connectivity index (χ0) is 13.9. The van der Waals surface area contributed by atoms with Crippen molar-refractivity contribution in [1.29, 1.82) is 0 Å². The molecule has 0 aromatic carbocycles. The Hall–Kier alpha value is -1.13. The number of aliphatic hydroxyl groups is 1. The first-order valence-electron chi connectivity index (χ1n) is 7.23. The number of hydrogen-bond acceptors (Lipinski definition) is 4. The number of nitrogens with zero attached hydrogens (tertiary/aromatic N) is 1. The highest BCUT2D eigenvalue weighted by molar-refractivity contribution is 5.45. The molecule has 4 N–H and O–H groups in total. The SMILES string of the molecule is CCCNC1CCC(O)(c2cc(C)cnc2N)CC1. The van der Waals surface area contributed by atoms with E-state index in [-0.39, 0.29) is 0 Å². The number of pyridine rings is 1. The van der Waals surface area contributed by atoms with E-state index in [1.807, 2.05) is 13.0 Å². The highest BCUT2D eigenvalue weighted by Crippen LogP contribution is 2.39. The smallest absolute Gasteiger partial charge is 0.129 e. The van der Waals surface area contributed by atoms with Gasteiger partial charge in [-0.2, -0.15) is 0 Å². The van der Waals surface area contributed by atoms with Crippen LogP contribution < -0.4 is 11.1 Å². The molecule has 0 unspecified atom stereocenters. The Bertz CT molecular complexity index is 425. The van der Waals surface area contributed by atoms with Crippen molar-refractivity contribution in [1.82, 2.24) is 10.3 Å². The molecule has 2 rings (SSSR count). The molecule has 4 nitrogen and oxygen atoms in total. The summed E-state index contributed by atoms with van der Waals surface area (Å²) in [5, 5.41) is 14.4. The van der Waals surface area contributed by atoms with Gasteiger partial charge in [0.1, 0.15) is 5.82 Å². The number of nitrogen functional groups attached to an aromatic ring is 1. The topological polar surface area (TPSA) is 71.2 Å². The van der Waals surface area contributed by atoms with E-state index in [9.17, 15) is 5.11 Å². The van der Waals surface area contributed by atoms with Crippen molar-refractivity contribution < 1.29 is 5.11 Å². The van der Waals surface area contributed by atoms with Crippen molar-refractivity contribution in [3.05, 3.63) is 23.4 Å². The van der Waals surface area contributed by atoms with Gasteiger partial charge in [0.05, 0.1) is 5.60 Å². The van der Waals surface area contributed by atoms with Crippen molar-refractivity contribution in [2.45, 2.75) is 57.6 Å². The predicted molar refractivity (Wildman–Crippen MR) is 77.8 cm³/mol. The number of anilines is 1. The van der Waals surface area contributed by atoms with Crippen molar-refractivity contribution in [3.8, 4) is 0 Å². The standard InChI is InChI=1S/C15H25N3O/c1-3-8-17-12-4-6-15(19,7-5-12)13-9-11(2)10-18-14(13)16/h9-10,12,17,19H,3-8H2,1-2H3,(H2,16,18). The maximum absolute atomic E-state index is 10.8. The molecule has 1 aliphatic carbocycles. The maximum Gasteiger partial charge on any atom is 0.129 e. The molecule has 19 heavy (non-hydrogen) atoms. The fourth-order valence-corrected chi connectivity index (χ4v) is 2.87. The molecule has 0 radical (unpaired) electrons. The fraction of sp³-hybridized carbons (Fsp3) is 0.667. The van der Waals surface area contributed by atoms with Gasteiger partial charge in [-0.05, 0) is 57.2 Å². The molecule has 0 amide bonds. The van der Waals surface area contributed by atoms with E-state index >= 15 is 0 Å². The Morgan fingerprint density at radius 2 is 2.16 bits per heavy atom. The first-order chi connectivity index (χ1) is 9.05. The van der Waals surface area contributed by atoms with E-state index in [0.29, 0.717) is 11.9 Å². The van der Waals surface area contributed by atoms with Crippen LogP contribution in [0.15, 0.2) is 12.3 Å². The summed E-state index contributed by atoms with van der Waals surface area (Å²) < 4.78 is 0. The third-order valence-electron chi connectivity index (χ3n) is 4.05. The van der Waals surface area contributed by atoms with E-state index in [4.69, 9.17) is 5.73 Å². The average Bonchev–Trinajstić information content (AvgIpc) is 2.41. The molecule has 4 heteroatoms. The van der Waals surface area contributed by atoms with Crippen LogP contribution in [-0.4, -0.2) is 22.7 Å². The summed E-state index contributed by atoms with van der Waals surface area (Å²) in [6, 6.07) is 2.50. The molecule has 1 fully saturated rings. The van der Waals surface area contributed by atoms with Crippen LogP contribution in [0.4, 0.5) is 5.82 Å². The molecule has 1 aromatic rings. The highest BCUT2D eigenvalue weighted by Gasteiger charge is 2.36. The van der Waals surface area contributed by atoms with E-state index < -0.39 is 5.60 Å². The number of nitrogens with one attached hydrogen (secondary N) is 1. The molecule has 1 aromatic heterocycles. The normalized spacial score (nSPS) is 27.4. The third-order valence-corrected chi connectivity index (χ3v) is 4.05. The fourth-order valence-electron chi connectivity index (χ4n) is 2.87. The molecule has 1 saturated carbocycles. The zero-order valence-electron chi connectivity index (χ0n) is 11.9. The van der Waals surface area contributed by atoms with Crippen LogP contribution in [0.5, 0.6) is 0 Å². The van der Waals surface area contributed by atoms with Gasteiger partial charge in [-0.25, -0.2) is 4.98 Å². The van der Waals surface area contributed by atoms with Crippen LogP contribution in [0.2, 0.25) is 0 Å². The maximum atomic E-state index is 10.8. The largest absolute Gasteiger partial charge is 0.385 e. The molecule has 106 valence electrons. The van der Waals surface area contributed by atoms with Crippen molar-refractivity contribution in [2.24, 2.45) is 0 Å². The molecule has 0 saturated heterocycles. The van der Waals surface area contributed by atoms with Gasteiger partial charge in [0.2, 0.25) is 0 Å². The van der Waals surface area contributed by atoms with Gasteiger partial charge >= 0.3 is 0 Å². The average molecular weight is 263 g/mol. The Labute approximate surface area is 115 Å². The minimum Gasteiger partial charge on any atom is -0.385 e. The monoisotopic (exact) mass is 263 g/mol. The molecule has 1 heterocycles. The van der Waals surface area contributed by atoms with E-state index in [0.717, 1.165) is 49.8 Å². The quantitative estimate of drug-likeness (QED) is 0.778. The van der Waals surface area contributed by atoms with E-state index in [1.165, 1.54) is 0 Å². The summed E-state index contributed by atoms with van der Waals surface area (Å²) in [5.74, 6) is 0.466. The summed E-state index contributed by atoms with van der Waals surface area (Å²) in [7, 11) is 0. The third kappa shape index (κ3) is 3.25. The lowest BCUT2D eigenvalue weighted by atomic mass is 9.77. The number of rotatable bonds is 4. The summed E-state index contributed by atoms with van der Waals surface area (Å²) in [6.07, 6.45) is 6.38. The predicted octanol–water partition coefficient (Wildman–Crippen LogP) is 2.10. The van der Waals surface area contributed by atoms with Crippen molar-refractivity contribution in [2.75, 3.05) is 12.3 Å². The summed E-state index contributed by atoms with van der Waals surface area (Å²) in [5.41, 5.74) is 6.99. The highest BCUT2D eigenvalue weighted by atomic mass is 16.3. The van der Waals surface area contributed by atoms with Crippen molar-refractivity contribution >= 4 is 5.82 Å². The van der Waals surface area contributed by atoms with Gasteiger partial charge < -0.3 is 16.2 Å². The minimum absolute atomic E-state index is 0.466. The molecule has 0 aliphatic heterocycles. The van der Waals surface area contributed by atoms with Crippen LogP contribution in [0.3, 0.4) is 0 Å². The second-order valence-electron chi connectivity index (χ2n) is 5.71.